The third-order valence-electron chi connectivity index (χ3n) is 2.49. The van der Waals surface area contributed by atoms with Crippen LogP contribution in [0.3, 0.4) is 0 Å². The Hall–Kier alpha value is -1.18. The van der Waals surface area contributed by atoms with Crippen LogP contribution in [0.1, 0.15) is 12.6 Å². The van der Waals surface area contributed by atoms with Crippen molar-refractivity contribution < 1.29 is 14.2 Å². The van der Waals surface area contributed by atoms with Crippen molar-refractivity contribution in [2.75, 3.05) is 6.61 Å². The highest BCUT2D eigenvalue weighted by Crippen LogP contribution is 2.43. The predicted octanol–water partition coefficient (Wildman–Crippen LogP) is -0.279. The average Bonchev–Trinajstić information content (AvgIpc) is 2.54. The molecule has 8 heteroatoms. The largest absolute Gasteiger partial charge is 0.394 e. The van der Waals surface area contributed by atoms with Gasteiger partial charge in [-0.1, -0.05) is 11.6 Å². The summed E-state index contributed by atoms with van der Waals surface area (Å²) < 4.78 is 19.9. The molecule has 0 amide bonds. The number of alkyl halides is 2. The molecule has 1 aromatic heterocycles. The number of halogens is 2. The van der Waals surface area contributed by atoms with Crippen molar-refractivity contribution in [1.82, 2.24) is 9.55 Å². The van der Waals surface area contributed by atoms with E-state index in [-0.39, 0.29) is 6.42 Å². The molecule has 2 heterocycles. The Bertz CT molecular complexity index is 526. The number of ether oxygens (including phenoxy) is 1. The van der Waals surface area contributed by atoms with Crippen LogP contribution >= 0.6 is 11.6 Å². The second-order valence-corrected chi connectivity index (χ2v) is 4.40. The summed E-state index contributed by atoms with van der Waals surface area (Å²) in [6, 6.07) is 1.06. The van der Waals surface area contributed by atoms with Gasteiger partial charge in [-0.3, -0.25) is 14.3 Å². The monoisotopic (exact) mass is 264 g/mol. The molecule has 0 radical (unpaired) electrons. The minimum atomic E-state index is -2.30. The van der Waals surface area contributed by atoms with Crippen LogP contribution in [0.4, 0.5) is 4.39 Å². The fourth-order valence-corrected chi connectivity index (χ4v) is 2.05. The van der Waals surface area contributed by atoms with Gasteiger partial charge in [0.1, 0.15) is 0 Å². The predicted molar refractivity (Wildman–Crippen MR) is 56.6 cm³/mol. The molecule has 0 bridgehead atoms. The maximum absolute atomic E-state index is 14.0. The van der Waals surface area contributed by atoms with Crippen LogP contribution < -0.4 is 11.2 Å². The van der Waals surface area contributed by atoms with Crippen LogP contribution in [-0.2, 0) is 4.74 Å². The molecule has 0 spiro atoms. The Morgan fingerprint density at radius 3 is 2.94 bits per heavy atom. The topological polar surface area (TPSA) is 84.3 Å². The molecule has 1 saturated heterocycles. The number of rotatable bonds is 2. The molecule has 3 atom stereocenters. The van der Waals surface area contributed by atoms with E-state index in [4.69, 9.17) is 21.4 Å². The summed E-state index contributed by atoms with van der Waals surface area (Å²) in [7, 11) is 0. The zero-order valence-corrected chi connectivity index (χ0v) is 9.35. The number of H-pyrrole nitrogens is 1. The van der Waals surface area contributed by atoms with E-state index >= 15 is 0 Å². The molecular formula is C9H10ClFN2O4. The third-order valence-corrected chi connectivity index (χ3v) is 2.83. The van der Waals surface area contributed by atoms with Gasteiger partial charge in [0.15, 0.2) is 6.23 Å². The molecule has 2 N–H and O–H groups in total. The van der Waals surface area contributed by atoms with Crippen molar-refractivity contribution in [2.45, 2.75) is 23.9 Å². The lowest BCUT2D eigenvalue weighted by atomic mass is 10.2. The van der Waals surface area contributed by atoms with Crippen molar-refractivity contribution in [3.8, 4) is 0 Å². The molecule has 2 rings (SSSR count). The minimum Gasteiger partial charge on any atom is -0.394 e. The highest BCUT2D eigenvalue weighted by atomic mass is 35.5. The Morgan fingerprint density at radius 2 is 2.41 bits per heavy atom. The van der Waals surface area contributed by atoms with Gasteiger partial charge in [-0.2, -0.15) is 0 Å². The van der Waals surface area contributed by atoms with Gasteiger partial charge in [0, 0.05) is 18.7 Å². The summed E-state index contributed by atoms with van der Waals surface area (Å²) in [5.74, 6) is 0. The first-order chi connectivity index (χ1) is 7.94. The van der Waals surface area contributed by atoms with Crippen LogP contribution in [0.5, 0.6) is 0 Å². The van der Waals surface area contributed by atoms with Crippen molar-refractivity contribution in [3.63, 3.8) is 0 Å². The number of aliphatic hydroxyl groups is 1. The molecule has 94 valence electrons. The number of hydrogen-bond acceptors (Lipinski definition) is 4. The Balaban J connectivity index is 2.40. The third kappa shape index (κ3) is 2.26. The second-order valence-electron chi connectivity index (χ2n) is 3.78. The van der Waals surface area contributed by atoms with Gasteiger partial charge in [-0.15, -0.1) is 0 Å². The van der Waals surface area contributed by atoms with Gasteiger partial charge >= 0.3 is 5.69 Å². The SMILES string of the molecule is O=c1ccn([C@@H]2O[C@H](CO)C[C@]2(F)Cl)c(=O)[nH]1. The smallest absolute Gasteiger partial charge is 0.330 e. The summed E-state index contributed by atoms with van der Waals surface area (Å²) in [4.78, 5) is 24.3. The first kappa shape index (κ1) is 12.3. The second kappa shape index (κ2) is 4.25. The molecule has 0 saturated carbocycles. The Labute approximate surface area is 99.6 Å². The lowest BCUT2D eigenvalue weighted by molar-refractivity contribution is -0.0467. The van der Waals surface area contributed by atoms with Gasteiger partial charge < -0.3 is 9.84 Å². The van der Waals surface area contributed by atoms with Crippen LogP contribution in [-0.4, -0.2) is 32.5 Å². The molecule has 1 aliphatic rings. The van der Waals surface area contributed by atoms with Gasteiger partial charge in [0.05, 0.1) is 12.7 Å². The summed E-state index contributed by atoms with van der Waals surface area (Å²) in [6.07, 6.45) is -1.28. The minimum absolute atomic E-state index is 0.235. The Kier molecular flexibility index (Phi) is 3.07. The number of aromatic amines is 1. The van der Waals surface area contributed by atoms with Crippen LogP contribution in [0.15, 0.2) is 21.9 Å². The summed E-state index contributed by atoms with van der Waals surface area (Å²) in [5.41, 5.74) is -1.41. The fraction of sp³-hybridized carbons (Fsp3) is 0.556. The van der Waals surface area contributed by atoms with E-state index in [1.165, 1.54) is 0 Å². The van der Waals surface area contributed by atoms with E-state index in [1.54, 1.807) is 0 Å². The van der Waals surface area contributed by atoms with E-state index < -0.39 is 35.3 Å². The standard InChI is InChI=1S/C9H10ClFN2O4/c10-9(11)3-5(4-14)17-7(9)13-2-1-6(15)12-8(13)16/h1-2,5,7,14H,3-4H2,(H,12,15,16)/t5-,7+,9+/m0/s1. The first-order valence-corrected chi connectivity index (χ1v) is 5.27. The Morgan fingerprint density at radius 1 is 1.71 bits per heavy atom. The molecule has 1 fully saturated rings. The number of hydrogen-bond donors (Lipinski definition) is 2. The zero-order valence-electron chi connectivity index (χ0n) is 8.60. The highest BCUT2D eigenvalue weighted by Gasteiger charge is 2.49. The zero-order chi connectivity index (χ0) is 12.6. The van der Waals surface area contributed by atoms with Gasteiger partial charge in [0.2, 0.25) is 5.13 Å². The van der Waals surface area contributed by atoms with E-state index in [2.05, 4.69) is 0 Å². The van der Waals surface area contributed by atoms with E-state index in [0.717, 1.165) is 16.8 Å². The van der Waals surface area contributed by atoms with Crippen molar-refractivity contribution >= 4 is 11.6 Å². The number of nitrogens with zero attached hydrogens (tertiary/aromatic N) is 1. The molecule has 0 unspecified atom stereocenters. The molecule has 17 heavy (non-hydrogen) atoms. The van der Waals surface area contributed by atoms with Gasteiger partial charge in [0.25, 0.3) is 5.56 Å². The average molecular weight is 265 g/mol. The quantitative estimate of drug-likeness (QED) is 0.720. The lowest BCUT2D eigenvalue weighted by Gasteiger charge is -2.20. The fourth-order valence-electron chi connectivity index (χ4n) is 1.72. The van der Waals surface area contributed by atoms with Gasteiger partial charge in [-0.25, -0.2) is 9.18 Å². The van der Waals surface area contributed by atoms with E-state index in [0.29, 0.717) is 0 Å². The first-order valence-electron chi connectivity index (χ1n) is 4.89. The van der Waals surface area contributed by atoms with E-state index in [9.17, 15) is 14.0 Å². The molecule has 1 aromatic rings. The highest BCUT2D eigenvalue weighted by molar-refractivity contribution is 6.23. The van der Waals surface area contributed by atoms with Crippen molar-refractivity contribution in [2.24, 2.45) is 0 Å². The maximum atomic E-state index is 14.0. The van der Waals surface area contributed by atoms with Crippen molar-refractivity contribution in [3.05, 3.63) is 33.1 Å². The van der Waals surface area contributed by atoms with Crippen LogP contribution in [0, 0.1) is 0 Å². The summed E-state index contributed by atoms with van der Waals surface area (Å²) in [5, 5.41) is 6.58. The summed E-state index contributed by atoms with van der Waals surface area (Å²) in [6.45, 7) is -0.396. The normalized spacial score (nSPS) is 32.9. The molecular weight excluding hydrogens is 255 g/mol. The lowest BCUT2D eigenvalue weighted by Crippen LogP contribution is -2.37. The van der Waals surface area contributed by atoms with Gasteiger partial charge in [-0.05, 0) is 0 Å². The molecule has 0 aliphatic carbocycles. The maximum Gasteiger partial charge on any atom is 0.330 e. The number of nitrogens with one attached hydrogen (secondary N) is 1. The van der Waals surface area contributed by atoms with Crippen molar-refractivity contribution in [1.29, 1.82) is 0 Å². The molecule has 1 aliphatic heterocycles. The molecule has 0 aromatic carbocycles. The van der Waals surface area contributed by atoms with Crippen LogP contribution in [0.25, 0.3) is 0 Å². The van der Waals surface area contributed by atoms with E-state index in [1.807, 2.05) is 4.98 Å². The summed E-state index contributed by atoms with van der Waals surface area (Å²) >= 11 is 5.60. The number of aliphatic hydroxyl groups excluding tert-OH is 1. The number of aromatic nitrogens is 2. The molecule has 6 nitrogen and oxygen atoms in total. The van der Waals surface area contributed by atoms with Crippen LogP contribution in [0.2, 0.25) is 0 Å².